The second-order valence-electron chi connectivity index (χ2n) is 10.1. The molecule has 1 heterocycles. The number of phenols is 1. The van der Waals surface area contributed by atoms with E-state index in [1.807, 2.05) is 39.0 Å². The van der Waals surface area contributed by atoms with E-state index in [9.17, 15) is 19.8 Å². The van der Waals surface area contributed by atoms with E-state index in [2.05, 4.69) is 0 Å². The van der Waals surface area contributed by atoms with E-state index in [4.69, 9.17) is 16.3 Å². The molecule has 0 spiro atoms. The van der Waals surface area contributed by atoms with E-state index >= 15 is 0 Å². The molecule has 1 aliphatic heterocycles. The Kier molecular flexibility index (Phi) is 7.32. The van der Waals surface area contributed by atoms with Crippen LogP contribution in [0.1, 0.15) is 49.1 Å². The number of aromatic hydroxyl groups is 1. The summed E-state index contributed by atoms with van der Waals surface area (Å²) in [6, 6.07) is 18.2. The highest BCUT2D eigenvalue weighted by atomic mass is 35.5. The number of likely N-dealkylation sites (tertiary alicyclic amines) is 1. The number of aliphatic hydroxyl groups excluding tert-OH is 1. The predicted molar refractivity (Wildman–Crippen MR) is 144 cm³/mol. The summed E-state index contributed by atoms with van der Waals surface area (Å²) in [7, 11) is 1.49. The number of hydrogen-bond acceptors (Lipinski definition) is 5. The molecule has 0 aliphatic carbocycles. The molecule has 37 heavy (non-hydrogen) atoms. The van der Waals surface area contributed by atoms with E-state index in [1.54, 1.807) is 36.4 Å². The van der Waals surface area contributed by atoms with Gasteiger partial charge in [-0.3, -0.25) is 9.59 Å². The number of halogens is 1. The first-order chi connectivity index (χ1) is 17.5. The maximum atomic E-state index is 13.4. The third kappa shape index (κ3) is 5.35. The fraction of sp³-hybridized carbons (Fsp3) is 0.267. The molecule has 1 amide bonds. The summed E-state index contributed by atoms with van der Waals surface area (Å²) in [5, 5.41) is 22.0. The van der Waals surface area contributed by atoms with Crippen LogP contribution < -0.4 is 4.74 Å². The first-order valence-corrected chi connectivity index (χ1v) is 12.4. The van der Waals surface area contributed by atoms with Gasteiger partial charge >= 0.3 is 0 Å². The van der Waals surface area contributed by atoms with E-state index < -0.39 is 17.7 Å². The number of Topliss-reactive ketones (excluding diaryl/α,β-unsaturated/α-hetero) is 1. The summed E-state index contributed by atoms with van der Waals surface area (Å²) in [5.41, 5.74) is 2.59. The summed E-state index contributed by atoms with van der Waals surface area (Å²) in [6.45, 7) is 6.38. The number of aliphatic hydroxyl groups is 1. The second-order valence-corrected chi connectivity index (χ2v) is 10.6. The van der Waals surface area contributed by atoms with Gasteiger partial charge in [-0.05, 0) is 64.9 Å². The van der Waals surface area contributed by atoms with E-state index in [0.29, 0.717) is 28.3 Å². The number of amides is 1. The zero-order valence-electron chi connectivity index (χ0n) is 21.3. The van der Waals surface area contributed by atoms with Crippen LogP contribution in [-0.4, -0.2) is 40.5 Å². The number of carbonyl (C=O) groups excluding carboxylic acids is 2. The fourth-order valence-electron chi connectivity index (χ4n) is 4.52. The van der Waals surface area contributed by atoms with Crippen molar-refractivity contribution < 1.29 is 24.5 Å². The standard InChI is InChI=1S/C30H30ClNO5/c1-30(2,3)20-9-14-24(37-4)23(17-20)27(34)25-26(19-7-12-22(33)13-8-19)32(29(36)28(25)35)16-15-18-5-10-21(31)11-6-18/h5-14,17,26,33-34H,15-16H2,1-4H3/b27-25+. The van der Waals surface area contributed by atoms with Crippen LogP contribution in [-0.2, 0) is 21.4 Å². The minimum absolute atomic E-state index is 0.0174. The van der Waals surface area contributed by atoms with Gasteiger partial charge in [-0.15, -0.1) is 0 Å². The molecule has 0 saturated carbocycles. The number of carbonyl (C=O) groups is 2. The van der Waals surface area contributed by atoms with Gasteiger partial charge in [0, 0.05) is 11.6 Å². The lowest BCUT2D eigenvalue weighted by Crippen LogP contribution is -2.31. The van der Waals surface area contributed by atoms with Gasteiger partial charge in [-0.2, -0.15) is 0 Å². The zero-order chi connectivity index (χ0) is 26.9. The number of ketones is 1. The molecule has 0 aromatic heterocycles. The summed E-state index contributed by atoms with van der Waals surface area (Å²) in [4.78, 5) is 28.2. The lowest BCUT2D eigenvalue weighted by molar-refractivity contribution is -0.139. The van der Waals surface area contributed by atoms with Crippen LogP contribution in [0.4, 0.5) is 0 Å². The molecule has 1 fully saturated rings. The van der Waals surface area contributed by atoms with Crippen molar-refractivity contribution in [1.29, 1.82) is 0 Å². The van der Waals surface area contributed by atoms with Gasteiger partial charge in [0.05, 0.1) is 24.3 Å². The quantitative estimate of drug-likeness (QED) is 0.236. The number of ether oxygens (including phenoxy) is 1. The lowest BCUT2D eigenvalue weighted by atomic mass is 9.85. The number of phenolic OH excluding ortho intramolecular Hbond substituents is 1. The summed E-state index contributed by atoms with van der Waals surface area (Å²) in [6.07, 6.45) is 0.488. The van der Waals surface area contributed by atoms with Crippen molar-refractivity contribution in [2.45, 2.75) is 38.6 Å². The molecule has 0 radical (unpaired) electrons. The number of hydrogen-bond donors (Lipinski definition) is 2. The van der Waals surface area contributed by atoms with Crippen molar-refractivity contribution >= 4 is 29.1 Å². The van der Waals surface area contributed by atoms with Crippen LogP contribution in [0.5, 0.6) is 11.5 Å². The van der Waals surface area contributed by atoms with Crippen LogP contribution in [0.2, 0.25) is 5.02 Å². The van der Waals surface area contributed by atoms with Gasteiger partial charge in [0.15, 0.2) is 0 Å². The lowest BCUT2D eigenvalue weighted by Gasteiger charge is -2.26. The SMILES string of the molecule is COc1ccc(C(C)(C)C)cc1/C(O)=C1\C(=O)C(=O)N(CCc2ccc(Cl)cc2)C1c1ccc(O)cc1. The predicted octanol–water partition coefficient (Wildman–Crippen LogP) is 6.02. The van der Waals surface area contributed by atoms with E-state index in [1.165, 1.54) is 24.1 Å². The summed E-state index contributed by atoms with van der Waals surface area (Å²) >= 11 is 6.00. The van der Waals surface area contributed by atoms with Gasteiger partial charge in [0.1, 0.15) is 17.3 Å². The van der Waals surface area contributed by atoms with E-state index in [0.717, 1.165) is 11.1 Å². The van der Waals surface area contributed by atoms with Gasteiger partial charge in [-0.25, -0.2) is 0 Å². The molecular formula is C30H30ClNO5. The van der Waals surface area contributed by atoms with Crippen LogP contribution in [0.3, 0.4) is 0 Å². The molecule has 6 nitrogen and oxygen atoms in total. The molecule has 1 aliphatic rings. The molecule has 3 aromatic rings. The molecule has 4 rings (SSSR count). The van der Waals surface area contributed by atoms with Crippen molar-refractivity contribution in [1.82, 2.24) is 4.90 Å². The summed E-state index contributed by atoms with van der Waals surface area (Å²) in [5.74, 6) is -1.31. The van der Waals surface area contributed by atoms with Gasteiger partial charge in [-0.1, -0.05) is 62.7 Å². The second kappa shape index (κ2) is 10.3. The molecule has 1 saturated heterocycles. The molecule has 2 N–H and O–H groups in total. The smallest absolute Gasteiger partial charge is 0.295 e. The van der Waals surface area contributed by atoms with Crippen LogP contribution in [0.25, 0.3) is 5.76 Å². The number of methoxy groups -OCH3 is 1. The number of benzene rings is 3. The molecular weight excluding hydrogens is 490 g/mol. The van der Waals surface area contributed by atoms with E-state index in [-0.39, 0.29) is 29.0 Å². The van der Waals surface area contributed by atoms with Crippen LogP contribution >= 0.6 is 11.6 Å². The van der Waals surface area contributed by atoms with Crippen LogP contribution in [0.15, 0.2) is 72.3 Å². The van der Waals surface area contributed by atoms with Crippen molar-refractivity contribution in [2.75, 3.05) is 13.7 Å². The Morgan fingerprint density at radius 1 is 1.00 bits per heavy atom. The first kappa shape index (κ1) is 26.3. The van der Waals surface area contributed by atoms with Crippen LogP contribution in [0, 0.1) is 0 Å². The highest BCUT2D eigenvalue weighted by Gasteiger charge is 2.46. The Morgan fingerprint density at radius 2 is 1.65 bits per heavy atom. The fourth-order valence-corrected chi connectivity index (χ4v) is 4.65. The first-order valence-electron chi connectivity index (χ1n) is 12.0. The van der Waals surface area contributed by atoms with Gasteiger partial charge in [0.25, 0.3) is 11.7 Å². The third-order valence-corrected chi connectivity index (χ3v) is 6.88. The number of nitrogens with zero attached hydrogens (tertiary/aromatic N) is 1. The molecule has 7 heteroatoms. The normalized spacial score (nSPS) is 17.3. The highest BCUT2D eigenvalue weighted by Crippen LogP contribution is 2.42. The Morgan fingerprint density at radius 3 is 2.24 bits per heavy atom. The van der Waals surface area contributed by atoms with Crippen molar-refractivity contribution in [3.63, 3.8) is 0 Å². The monoisotopic (exact) mass is 519 g/mol. The maximum absolute atomic E-state index is 13.4. The highest BCUT2D eigenvalue weighted by molar-refractivity contribution is 6.46. The molecule has 0 bridgehead atoms. The Balaban J connectivity index is 1.84. The number of rotatable bonds is 6. The largest absolute Gasteiger partial charge is 0.508 e. The Bertz CT molecular complexity index is 1350. The minimum Gasteiger partial charge on any atom is -0.508 e. The van der Waals surface area contributed by atoms with Crippen molar-refractivity contribution in [3.05, 3.63) is 99.6 Å². The molecule has 1 unspecified atom stereocenters. The average Bonchev–Trinajstić information content (AvgIpc) is 3.12. The average molecular weight is 520 g/mol. The molecule has 1 atom stereocenters. The Hall–Kier alpha value is -3.77. The third-order valence-electron chi connectivity index (χ3n) is 6.62. The van der Waals surface area contributed by atoms with Crippen molar-refractivity contribution in [3.8, 4) is 11.5 Å². The Labute approximate surface area is 221 Å². The van der Waals surface area contributed by atoms with Gasteiger partial charge in [0.2, 0.25) is 0 Å². The minimum atomic E-state index is -0.837. The van der Waals surface area contributed by atoms with Gasteiger partial charge < -0.3 is 19.8 Å². The summed E-state index contributed by atoms with van der Waals surface area (Å²) < 4.78 is 5.51. The molecule has 192 valence electrons. The topological polar surface area (TPSA) is 87.1 Å². The maximum Gasteiger partial charge on any atom is 0.295 e. The zero-order valence-corrected chi connectivity index (χ0v) is 22.0. The molecule has 3 aromatic carbocycles. The van der Waals surface area contributed by atoms with Crippen molar-refractivity contribution in [2.24, 2.45) is 0 Å².